The molecule has 0 aliphatic heterocycles. The van der Waals surface area contributed by atoms with Crippen LogP contribution < -0.4 is 0 Å². The number of nitrogens with zero attached hydrogens (tertiary/aromatic N) is 1. The van der Waals surface area contributed by atoms with Crippen LogP contribution in [0, 0.1) is 17.0 Å². The zero-order chi connectivity index (χ0) is 10.7. The van der Waals surface area contributed by atoms with Crippen LogP contribution in [0.25, 0.3) is 0 Å². The molecule has 0 radical (unpaired) electrons. The van der Waals surface area contributed by atoms with E-state index in [9.17, 15) is 15.2 Å². The average Bonchev–Trinajstić information content (AvgIpc) is 2.11. The molecule has 0 unspecified atom stereocenters. The first-order valence-electron chi connectivity index (χ1n) is 4.14. The van der Waals surface area contributed by atoms with Gasteiger partial charge in [-0.25, -0.2) is 0 Å². The predicted molar refractivity (Wildman–Crippen MR) is 50.3 cm³/mol. The maximum atomic E-state index is 10.6. The Bertz CT molecular complexity index is 362. The summed E-state index contributed by atoms with van der Waals surface area (Å²) in [6.07, 6.45) is 0.171. The molecule has 0 atom stereocenters. The van der Waals surface area contributed by atoms with Gasteiger partial charge in [-0.05, 0) is 12.5 Å². The molecule has 0 amide bonds. The number of hydrogen-bond donors (Lipinski definition) is 2. The van der Waals surface area contributed by atoms with Crippen LogP contribution in [0.2, 0.25) is 0 Å². The molecule has 0 bridgehead atoms. The van der Waals surface area contributed by atoms with E-state index in [4.69, 9.17) is 5.11 Å². The van der Waals surface area contributed by atoms with E-state index in [1.54, 1.807) is 19.1 Å². The molecular formula is C9H11NO4. The van der Waals surface area contributed by atoms with E-state index in [0.29, 0.717) is 11.1 Å². The van der Waals surface area contributed by atoms with Gasteiger partial charge in [-0.15, -0.1) is 0 Å². The van der Waals surface area contributed by atoms with Gasteiger partial charge in [0.15, 0.2) is 5.75 Å². The third-order valence-electron chi connectivity index (χ3n) is 2.00. The molecule has 76 valence electrons. The van der Waals surface area contributed by atoms with Crippen molar-refractivity contribution in [3.63, 3.8) is 0 Å². The fourth-order valence-corrected chi connectivity index (χ4v) is 1.25. The van der Waals surface area contributed by atoms with Crippen molar-refractivity contribution in [1.82, 2.24) is 0 Å². The van der Waals surface area contributed by atoms with Gasteiger partial charge in [0, 0.05) is 18.6 Å². The number of aryl methyl sites for hydroxylation is 1. The van der Waals surface area contributed by atoms with Crippen molar-refractivity contribution < 1.29 is 15.1 Å². The molecule has 5 heteroatoms. The van der Waals surface area contributed by atoms with Gasteiger partial charge in [-0.2, -0.15) is 0 Å². The lowest BCUT2D eigenvalue weighted by Gasteiger charge is -2.04. The van der Waals surface area contributed by atoms with Gasteiger partial charge in [-0.3, -0.25) is 10.1 Å². The van der Waals surface area contributed by atoms with Crippen LogP contribution in [-0.2, 0) is 6.42 Å². The summed E-state index contributed by atoms with van der Waals surface area (Å²) in [6, 6.07) is 3.14. The minimum Gasteiger partial charge on any atom is -0.502 e. The van der Waals surface area contributed by atoms with Gasteiger partial charge in [0.1, 0.15) is 0 Å². The number of aromatic hydroxyl groups is 1. The summed E-state index contributed by atoms with van der Waals surface area (Å²) >= 11 is 0. The Kier molecular flexibility index (Phi) is 3.03. The van der Waals surface area contributed by atoms with Gasteiger partial charge >= 0.3 is 5.69 Å². The van der Waals surface area contributed by atoms with Crippen LogP contribution in [0.1, 0.15) is 11.1 Å². The Morgan fingerprint density at radius 2 is 2.14 bits per heavy atom. The summed E-state index contributed by atoms with van der Waals surface area (Å²) in [5.41, 5.74) is 0.498. The number of nitro benzene ring substituents is 1. The van der Waals surface area contributed by atoms with E-state index in [2.05, 4.69) is 0 Å². The molecule has 1 aromatic carbocycles. The van der Waals surface area contributed by atoms with Gasteiger partial charge in [0.25, 0.3) is 0 Å². The number of rotatable bonds is 3. The lowest BCUT2D eigenvalue weighted by atomic mass is 10.1. The van der Waals surface area contributed by atoms with Gasteiger partial charge < -0.3 is 10.2 Å². The molecule has 1 aromatic rings. The second-order valence-electron chi connectivity index (χ2n) is 2.97. The van der Waals surface area contributed by atoms with E-state index in [1.807, 2.05) is 0 Å². The predicted octanol–water partition coefficient (Wildman–Crippen LogP) is 1.14. The number of hydrogen-bond acceptors (Lipinski definition) is 4. The number of nitro groups is 1. The molecular weight excluding hydrogens is 186 g/mol. The smallest absolute Gasteiger partial charge is 0.314 e. The number of aliphatic hydroxyl groups is 1. The van der Waals surface area contributed by atoms with Crippen LogP contribution in [0.4, 0.5) is 5.69 Å². The Morgan fingerprint density at radius 3 is 2.64 bits per heavy atom. The highest BCUT2D eigenvalue weighted by molar-refractivity contribution is 5.56. The molecule has 0 aliphatic carbocycles. The second kappa shape index (κ2) is 4.06. The molecule has 0 aromatic heterocycles. The SMILES string of the molecule is Cc1ccc(CCO)c([N+](=O)[O-])c1O. The highest BCUT2D eigenvalue weighted by Crippen LogP contribution is 2.32. The molecule has 0 saturated carbocycles. The minimum absolute atomic E-state index is 0.171. The zero-order valence-electron chi connectivity index (χ0n) is 7.73. The summed E-state index contributed by atoms with van der Waals surface area (Å²) in [5, 5.41) is 28.8. The second-order valence-corrected chi connectivity index (χ2v) is 2.97. The first-order chi connectivity index (χ1) is 6.57. The average molecular weight is 197 g/mol. The van der Waals surface area contributed by atoms with Crippen molar-refractivity contribution >= 4 is 5.69 Å². The Labute approximate surface area is 80.8 Å². The first-order valence-corrected chi connectivity index (χ1v) is 4.14. The molecule has 2 N–H and O–H groups in total. The fourth-order valence-electron chi connectivity index (χ4n) is 1.25. The van der Waals surface area contributed by atoms with E-state index < -0.39 is 4.92 Å². The molecule has 0 aliphatic rings. The monoisotopic (exact) mass is 197 g/mol. The van der Waals surface area contributed by atoms with Crippen LogP contribution in [0.3, 0.4) is 0 Å². The van der Waals surface area contributed by atoms with Crippen molar-refractivity contribution in [2.45, 2.75) is 13.3 Å². The number of benzene rings is 1. The van der Waals surface area contributed by atoms with Crippen molar-refractivity contribution in [3.05, 3.63) is 33.4 Å². The highest BCUT2D eigenvalue weighted by Gasteiger charge is 2.20. The molecule has 0 fully saturated rings. The summed E-state index contributed by atoms with van der Waals surface area (Å²) in [4.78, 5) is 10.0. The van der Waals surface area contributed by atoms with E-state index in [1.165, 1.54) is 0 Å². The van der Waals surface area contributed by atoms with Crippen LogP contribution >= 0.6 is 0 Å². The van der Waals surface area contributed by atoms with Crippen molar-refractivity contribution in [2.75, 3.05) is 6.61 Å². The largest absolute Gasteiger partial charge is 0.502 e. The summed E-state index contributed by atoms with van der Waals surface area (Å²) < 4.78 is 0. The third kappa shape index (κ3) is 1.82. The number of phenolic OH excluding ortho intramolecular Hbond substituents is 1. The maximum absolute atomic E-state index is 10.6. The standard InChI is InChI=1S/C9H11NO4/c1-6-2-3-7(4-5-11)8(9(6)12)10(13)14/h2-3,11-12H,4-5H2,1H3. The number of phenols is 1. The lowest BCUT2D eigenvalue weighted by Crippen LogP contribution is -1.99. The summed E-state index contributed by atoms with van der Waals surface area (Å²) in [5.74, 6) is -0.319. The topological polar surface area (TPSA) is 83.6 Å². The van der Waals surface area contributed by atoms with Gasteiger partial charge in [0.2, 0.25) is 0 Å². The first kappa shape index (κ1) is 10.5. The van der Waals surface area contributed by atoms with Gasteiger partial charge in [0.05, 0.1) is 4.92 Å². The van der Waals surface area contributed by atoms with E-state index >= 15 is 0 Å². The molecule has 1 rings (SSSR count). The highest BCUT2D eigenvalue weighted by atomic mass is 16.6. The Balaban J connectivity index is 3.30. The molecule has 0 saturated heterocycles. The zero-order valence-corrected chi connectivity index (χ0v) is 7.73. The molecule has 0 heterocycles. The van der Waals surface area contributed by atoms with E-state index in [-0.39, 0.29) is 24.5 Å². The summed E-state index contributed by atoms with van der Waals surface area (Å²) in [7, 11) is 0. The molecule has 0 spiro atoms. The van der Waals surface area contributed by atoms with Crippen molar-refractivity contribution in [2.24, 2.45) is 0 Å². The van der Waals surface area contributed by atoms with Crippen LogP contribution in [0.15, 0.2) is 12.1 Å². The van der Waals surface area contributed by atoms with Crippen LogP contribution in [0.5, 0.6) is 5.75 Å². The minimum atomic E-state index is -0.632. The normalized spacial score (nSPS) is 10.1. The maximum Gasteiger partial charge on any atom is 0.314 e. The fraction of sp³-hybridized carbons (Fsp3) is 0.333. The van der Waals surface area contributed by atoms with Gasteiger partial charge in [-0.1, -0.05) is 12.1 Å². The van der Waals surface area contributed by atoms with Crippen molar-refractivity contribution in [3.8, 4) is 5.75 Å². The van der Waals surface area contributed by atoms with E-state index in [0.717, 1.165) is 0 Å². The number of aliphatic hydroxyl groups excluding tert-OH is 1. The Morgan fingerprint density at radius 1 is 1.50 bits per heavy atom. The Hall–Kier alpha value is -1.62. The van der Waals surface area contributed by atoms with Crippen LogP contribution in [-0.4, -0.2) is 21.7 Å². The lowest BCUT2D eigenvalue weighted by molar-refractivity contribution is -0.386. The third-order valence-corrected chi connectivity index (χ3v) is 2.00. The quantitative estimate of drug-likeness (QED) is 0.562. The summed E-state index contributed by atoms with van der Waals surface area (Å²) in [6.45, 7) is 1.41. The van der Waals surface area contributed by atoms with Crippen molar-refractivity contribution in [1.29, 1.82) is 0 Å². The molecule has 5 nitrogen and oxygen atoms in total. The molecule has 14 heavy (non-hydrogen) atoms.